The number of hydrogen-bond acceptors (Lipinski definition) is 2. The summed E-state index contributed by atoms with van der Waals surface area (Å²) < 4.78 is 1.54. The fourth-order valence-corrected chi connectivity index (χ4v) is 1.38. The van der Waals surface area contributed by atoms with Gasteiger partial charge in [-0.2, -0.15) is 0 Å². The fourth-order valence-electron chi connectivity index (χ4n) is 1.26. The second-order valence-electron chi connectivity index (χ2n) is 3.16. The molecule has 0 bridgehead atoms. The van der Waals surface area contributed by atoms with Gasteiger partial charge in [0.25, 0.3) is 5.56 Å². The summed E-state index contributed by atoms with van der Waals surface area (Å²) in [6.07, 6.45) is 0.716. The van der Waals surface area contributed by atoms with Gasteiger partial charge >= 0.3 is 5.69 Å². The highest BCUT2D eigenvalue weighted by molar-refractivity contribution is 6.17. The molecule has 0 aromatic carbocycles. The lowest BCUT2D eigenvalue weighted by Gasteiger charge is -2.09. The zero-order valence-electron chi connectivity index (χ0n) is 8.26. The second-order valence-corrected chi connectivity index (χ2v) is 3.54. The van der Waals surface area contributed by atoms with Crippen LogP contribution in [0.3, 0.4) is 0 Å². The SMILES string of the molecule is Cc1c(C)n(CCCCl)c(=O)[nH]c1=O. The maximum absolute atomic E-state index is 11.4. The molecule has 0 amide bonds. The highest BCUT2D eigenvalue weighted by Crippen LogP contribution is 1.98. The van der Waals surface area contributed by atoms with Gasteiger partial charge in [0.2, 0.25) is 0 Å². The molecule has 0 saturated carbocycles. The summed E-state index contributed by atoms with van der Waals surface area (Å²) in [6, 6.07) is 0. The second kappa shape index (κ2) is 4.46. The molecule has 0 spiro atoms. The van der Waals surface area contributed by atoms with Crippen molar-refractivity contribution in [2.45, 2.75) is 26.8 Å². The molecule has 0 aliphatic rings. The van der Waals surface area contributed by atoms with Crippen molar-refractivity contribution in [3.8, 4) is 0 Å². The van der Waals surface area contributed by atoms with Gasteiger partial charge in [-0.05, 0) is 20.3 Å². The van der Waals surface area contributed by atoms with Crippen LogP contribution in [0, 0.1) is 13.8 Å². The number of nitrogens with one attached hydrogen (secondary N) is 1. The van der Waals surface area contributed by atoms with Gasteiger partial charge in [0.05, 0.1) is 0 Å². The summed E-state index contributed by atoms with van der Waals surface area (Å²) in [5.74, 6) is 0.504. The third kappa shape index (κ3) is 2.07. The van der Waals surface area contributed by atoms with E-state index in [2.05, 4.69) is 4.98 Å². The van der Waals surface area contributed by atoms with Crippen LogP contribution in [0.15, 0.2) is 9.59 Å². The number of aromatic amines is 1. The first-order valence-electron chi connectivity index (χ1n) is 4.44. The summed E-state index contributed by atoms with van der Waals surface area (Å²) in [5, 5.41) is 0. The van der Waals surface area contributed by atoms with Gasteiger partial charge in [0.15, 0.2) is 0 Å². The lowest BCUT2D eigenvalue weighted by atomic mass is 10.2. The van der Waals surface area contributed by atoms with Crippen molar-refractivity contribution in [3.63, 3.8) is 0 Å². The molecule has 14 heavy (non-hydrogen) atoms. The van der Waals surface area contributed by atoms with Crippen molar-refractivity contribution in [3.05, 3.63) is 32.1 Å². The first-order chi connectivity index (χ1) is 6.57. The van der Waals surface area contributed by atoms with Gasteiger partial charge < -0.3 is 0 Å². The van der Waals surface area contributed by atoms with Crippen LogP contribution < -0.4 is 11.2 Å². The van der Waals surface area contributed by atoms with Crippen molar-refractivity contribution in [1.82, 2.24) is 9.55 Å². The number of rotatable bonds is 3. The molecular formula is C9H13ClN2O2. The molecule has 0 saturated heterocycles. The summed E-state index contributed by atoms with van der Waals surface area (Å²) in [6.45, 7) is 4.01. The number of aromatic nitrogens is 2. The molecular weight excluding hydrogens is 204 g/mol. The van der Waals surface area contributed by atoms with Gasteiger partial charge in [-0.15, -0.1) is 11.6 Å². The quantitative estimate of drug-likeness (QED) is 0.760. The van der Waals surface area contributed by atoms with E-state index in [0.717, 1.165) is 0 Å². The fraction of sp³-hybridized carbons (Fsp3) is 0.556. The number of H-pyrrole nitrogens is 1. The molecule has 1 heterocycles. The van der Waals surface area contributed by atoms with Gasteiger partial charge in [-0.25, -0.2) is 4.79 Å². The van der Waals surface area contributed by atoms with E-state index in [1.807, 2.05) is 0 Å². The monoisotopic (exact) mass is 216 g/mol. The molecule has 5 heteroatoms. The van der Waals surface area contributed by atoms with E-state index in [1.165, 1.54) is 0 Å². The number of alkyl halides is 1. The Morgan fingerprint density at radius 1 is 1.36 bits per heavy atom. The summed E-state index contributed by atoms with van der Waals surface area (Å²) in [7, 11) is 0. The largest absolute Gasteiger partial charge is 0.328 e. The smallest absolute Gasteiger partial charge is 0.298 e. The molecule has 78 valence electrons. The van der Waals surface area contributed by atoms with Crippen molar-refractivity contribution in [2.75, 3.05) is 5.88 Å². The minimum absolute atomic E-state index is 0.311. The summed E-state index contributed by atoms with van der Waals surface area (Å²) in [5.41, 5.74) is 0.626. The minimum Gasteiger partial charge on any atom is -0.298 e. The number of nitrogens with zero attached hydrogens (tertiary/aromatic N) is 1. The third-order valence-electron chi connectivity index (χ3n) is 2.27. The highest BCUT2D eigenvalue weighted by atomic mass is 35.5. The minimum atomic E-state index is -0.358. The van der Waals surface area contributed by atoms with E-state index in [0.29, 0.717) is 30.1 Å². The molecule has 0 radical (unpaired) electrons. The van der Waals surface area contributed by atoms with Crippen LogP contribution in [-0.4, -0.2) is 15.4 Å². The van der Waals surface area contributed by atoms with Crippen LogP contribution in [0.2, 0.25) is 0 Å². The van der Waals surface area contributed by atoms with E-state index >= 15 is 0 Å². The van der Waals surface area contributed by atoms with Crippen LogP contribution in [0.4, 0.5) is 0 Å². The lowest BCUT2D eigenvalue weighted by molar-refractivity contribution is 0.611. The molecule has 1 N–H and O–H groups in total. The zero-order chi connectivity index (χ0) is 10.7. The Bertz CT molecular complexity index is 433. The Labute approximate surface area is 86.5 Å². The predicted molar refractivity (Wildman–Crippen MR) is 56.1 cm³/mol. The zero-order valence-corrected chi connectivity index (χ0v) is 9.02. The number of halogens is 1. The average Bonchev–Trinajstić information content (AvgIpc) is 2.14. The highest BCUT2D eigenvalue weighted by Gasteiger charge is 2.06. The van der Waals surface area contributed by atoms with Gasteiger partial charge in [-0.1, -0.05) is 0 Å². The lowest BCUT2D eigenvalue weighted by Crippen LogP contribution is -2.33. The van der Waals surface area contributed by atoms with Crippen molar-refractivity contribution in [1.29, 1.82) is 0 Å². The molecule has 1 aromatic rings. The van der Waals surface area contributed by atoms with Crippen molar-refractivity contribution in [2.24, 2.45) is 0 Å². The standard InChI is InChI=1S/C9H13ClN2O2/c1-6-7(2)12(5-3-4-10)9(14)11-8(6)13/h3-5H2,1-2H3,(H,11,13,14). The van der Waals surface area contributed by atoms with Crippen molar-refractivity contribution >= 4 is 11.6 Å². The Morgan fingerprint density at radius 2 is 2.00 bits per heavy atom. The Morgan fingerprint density at radius 3 is 2.57 bits per heavy atom. The van der Waals surface area contributed by atoms with E-state index in [9.17, 15) is 9.59 Å². The Hall–Kier alpha value is -1.03. The van der Waals surface area contributed by atoms with E-state index in [1.54, 1.807) is 18.4 Å². The Balaban J connectivity index is 3.23. The predicted octanol–water partition coefficient (Wildman–Crippen LogP) is 0.782. The first-order valence-corrected chi connectivity index (χ1v) is 4.97. The topological polar surface area (TPSA) is 54.9 Å². The molecule has 1 rings (SSSR count). The normalized spacial score (nSPS) is 10.5. The number of hydrogen-bond donors (Lipinski definition) is 1. The summed E-state index contributed by atoms with van der Waals surface area (Å²) in [4.78, 5) is 24.8. The maximum atomic E-state index is 11.4. The molecule has 0 atom stereocenters. The van der Waals surface area contributed by atoms with Crippen LogP contribution >= 0.6 is 11.6 Å². The van der Waals surface area contributed by atoms with Gasteiger partial charge in [0, 0.05) is 23.7 Å². The van der Waals surface area contributed by atoms with E-state index in [4.69, 9.17) is 11.6 Å². The van der Waals surface area contributed by atoms with Crippen molar-refractivity contribution < 1.29 is 0 Å². The molecule has 0 fully saturated rings. The molecule has 0 unspecified atom stereocenters. The molecule has 4 nitrogen and oxygen atoms in total. The molecule has 0 aliphatic carbocycles. The van der Waals surface area contributed by atoms with Crippen LogP contribution in [0.1, 0.15) is 17.7 Å². The third-order valence-corrected chi connectivity index (χ3v) is 2.54. The molecule has 0 aliphatic heterocycles. The van der Waals surface area contributed by atoms with Gasteiger partial charge in [-0.3, -0.25) is 14.3 Å². The van der Waals surface area contributed by atoms with Crippen LogP contribution in [0.25, 0.3) is 0 Å². The van der Waals surface area contributed by atoms with Gasteiger partial charge in [0.1, 0.15) is 0 Å². The van der Waals surface area contributed by atoms with E-state index < -0.39 is 0 Å². The maximum Gasteiger partial charge on any atom is 0.328 e. The average molecular weight is 217 g/mol. The molecule has 1 aromatic heterocycles. The first kappa shape index (κ1) is 11.0. The van der Waals surface area contributed by atoms with Crippen LogP contribution in [-0.2, 0) is 6.54 Å². The van der Waals surface area contributed by atoms with Crippen LogP contribution in [0.5, 0.6) is 0 Å². The summed E-state index contributed by atoms with van der Waals surface area (Å²) >= 11 is 5.54. The van der Waals surface area contributed by atoms with E-state index in [-0.39, 0.29) is 11.2 Å². The Kier molecular flexibility index (Phi) is 3.52.